The van der Waals surface area contributed by atoms with E-state index in [-0.39, 0.29) is 0 Å². The zero-order valence-electron chi connectivity index (χ0n) is 24.5. The molecule has 0 bridgehead atoms. The van der Waals surface area contributed by atoms with Gasteiger partial charge in [-0.1, -0.05) is 36.4 Å². The van der Waals surface area contributed by atoms with Crippen molar-refractivity contribution in [2.24, 2.45) is 0 Å². The number of hydrogen-bond donors (Lipinski definition) is 3. The van der Waals surface area contributed by atoms with E-state index in [9.17, 15) is 19.5 Å². The molecular weight excluding hydrogens is 538 g/mol. The van der Waals surface area contributed by atoms with Gasteiger partial charge in [0.25, 0.3) is 0 Å². The Bertz CT molecular complexity index is 1350. The minimum absolute atomic E-state index is 0.475. The van der Waals surface area contributed by atoms with Crippen LogP contribution in [0.4, 0.5) is 0 Å². The fourth-order valence-electron chi connectivity index (χ4n) is 5.00. The van der Waals surface area contributed by atoms with Gasteiger partial charge in [0.05, 0.1) is 23.1 Å². The first-order valence-electron chi connectivity index (χ1n) is 14.2. The van der Waals surface area contributed by atoms with Gasteiger partial charge >= 0.3 is 17.9 Å². The molecule has 1 aliphatic rings. The summed E-state index contributed by atoms with van der Waals surface area (Å²) in [6, 6.07) is 16.5. The number of piperidine rings is 1. The van der Waals surface area contributed by atoms with Crippen LogP contribution in [0.3, 0.4) is 0 Å². The molecule has 10 nitrogen and oxygen atoms in total. The molecule has 1 fully saturated rings. The summed E-state index contributed by atoms with van der Waals surface area (Å²) in [5, 5.41) is 25.1. The lowest BCUT2D eigenvalue weighted by atomic mass is 9.84. The van der Waals surface area contributed by atoms with Crippen LogP contribution in [0.2, 0.25) is 0 Å². The second kappa shape index (κ2) is 15.3. The van der Waals surface area contributed by atoms with Gasteiger partial charge in [0.15, 0.2) is 0 Å². The number of imidazole rings is 1. The largest absolute Gasteiger partial charge is 0.481 e. The molecule has 1 saturated heterocycles. The molecule has 3 aromatic rings. The quantitative estimate of drug-likeness (QED) is 0.208. The van der Waals surface area contributed by atoms with Crippen LogP contribution in [0.1, 0.15) is 56.5 Å². The first-order chi connectivity index (χ1) is 20.0. The van der Waals surface area contributed by atoms with Crippen LogP contribution in [0.15, 0.2) is 60.7 Å². The first kappa shape index (κ1) is 32.5. The number of para-hydroxylation sites is 2. The second-order valence-corrected chi connectivity index (χ2v) is 10.8. The van der Waals surface area contributed by atoms with E-state index in [1.54, 1.807) is 13.8 Å². The van der Waals surface area contributed by atoms with Crippen molar-refractivity contribution in [3.05, 3.63) is 77.6 Å². The number of aromatic nitrogens is 2. The molecule has 0 aliphatic carbocycles. The molecule has 3 N–H and O–H groups in total. The molecule has 0 spiro atoms. The average molecular weight is 580 g/mol. The number of benzene rings is 2. The Hall–Kier alpha value is -4.02. The predicted molar refractivity (Wildman–Crippen MR) is 160 cm³/mol. The third kappa shape index (κ3) is 8.99. The third-order valence-corrected chi connectivity index (χ3v) is 7.60. The minimum Gasteiger partial charge on any atom is -0.481 e. The van der Waals surface area contributed by atoms with Crippen LogP contribution in [0, 0.1) is 0 Å². The van der Waals surface area contributed by atoms with Gasteiger partial charge in [-0.15, -0.1) is 0 Å². The summed E-state index contributed by atoms with van der Waals surface area (Å²) < 4.78 is 8.01. The molecule has 2 aromatic carbocycles. The predicted octanol–water partition coefficient (Wildman–Crippen LogP) is 4.57. The maximum absolute atomic E-state index is 11.5. The van der Waals surface area contributed by atoms with Crippen LogP contribution < -0.4 is 0 Å². The van der Waals surface area contributed by atoms with Gasteiger partial charge < -0.3 is 29.5 Å². The number of carbonyl (C=O) groups is 3. The highest BCUT2D eigenvalue weighted by molar-refractivity contribution is 5.89. The Morgan fingerprint density at radius 2 is 1.57 bits per heavy atom. The fourth-order valence-corrected chi connectivity index (χ4v) is 5.00. The van der Waals surface area contributed by atoms with Gasteiger partial charge in [0.1, 0.15) is 5.82 Å². The average Bonchev–Trinajstić information content (AvgIpc) is 3.34. The van der Waals surface area contributed by atoms with E-state index in [0.29, 0.717) is 24.7 Å². The van der Waals surface area contributed by atoms with Crippen molar-refractivity contribution in [3.63, 3.8) is 0 Å². The summed E-state index contributed by atoms with van der Waals surface area (Å²) in [7, 11) is 0. The Morgan fingerprint density at radius 3 is 2.14 bits per heavy atom. The topological polar surface area (TPSA) is 142 Å². The highest BCUT2D eigenvalue weighted by atomic mass is 16.5. The molecule has 1 aliphatic heterocycles. The summed E-state index contributed by atoms with van der Waals surface area (Å²) in [5.41, 5.74) is 3.52. The second-order valence-electron chi connectivity index (χ2n) is 10.8. The van der Waals surface area contributed by atoms with E-state index < -0.39 is 23.3 Å². The lowest BCUT2D eigenvalue weighted by molar-refractivity contribution is -0.142. The monoisotopic (exact) mass is 579 g/mol. The summed E-state index contributed by atoms with van der Waals surface area (Å²) in [4.78, 5) is 38.2. The summed E-state index contributed by atoms with van der Waals surface area (Å²) in [5.74, 6) is -1.63. The molecule has 4 rings (SSSR count). The highest BCUT2D eigenvalue weighted by Crippen LogP contribution is 2.30. The molecule has 226 valence electrons. The normalized spacial score (nSPS) is 14.5. The molecule has 2 heterocycles. The molecule has 0 saturated carbocycles. The van der Waals surface area contributed by atoms with E-state index >= 15 is 0 Å². The Morgan fingerprint density at radius 1 is 0.952 bits per heavy atom. The molecule has 42 heavy (non-hydrogen) atoms. The number of fused-ring (bicyclic) bond motifs is 1. The summed E-state index contributed by atoms with van der Waals surface area (Å²) in [6.07, 6.45) is 4.32. The van der Waals surface area contributed by atoms with Crippen molar-refractivity contribution in [1.29, 1.82) is 0 Å². The number of likely N-dealkylation sites (tertiary alicyclic amines) is 1. The maximum atomic E-state index is 11.5. The molecular formula is C32H41N3O7. The zero-order chi connectivity index (χ0) is 30.7. The van der Waals surface area contributed by atoms with Gasteiger partial charge in [-0.05, 0) is 76.4 Å². The lowest BCUT2D eigenvalue weighted by Crippen LogP contribution is -2.35. The third-order valence-electron chi connectivity index (χ3n) is 7.60. The van der Waals surface area contributed by atoms with Gasteiger partial charge in [-0.3, -0.25) is 4.79 Å². The summed E-state index contributed by atoms with van der Waals surface area (Å²) in [6.45, 7) is 11.0. The van der Waals surface area contributed by atoms with Crippen molar-refractivity contribution in [1.82, 2.24) is 14.5 Å². The SMILES string of the molecule is CCOCCn1c(C2CCN(CCc3ccc(C(C)(C)C(=O)O)cc3)CC2)nc2ccccc21.O=C(O)/C=C/C(=O)O. The van der Waals surface area contributed by atoms with Crippen molar-refractivity contribution in [3.8, 4) is 0 Å². The molecule has 10 heteroatoms. The molecule has 0 atom stereocenters. The van der Waals surface area contributed by atoms with Gasteiger partial charge in [0.2, 0.25) is 0 Å². The van der Waals surface area contributed by atoms with E-state index in [1.807, 2.05) is 19.1 Å². The Balaban J connectivity index is 0.000000531. The van der Waals surface area contributed by atoms with Crippen LogP contribution in [0.5, 0.6) is 0 Å². The molecule has 1 aromatic heterocycles. The number of rotatable bonds is 12. The van der Waals surface area contributed by atoms with Crippen molar-refractivity contribution >= 4 is 28.9 Å². The number of ether oxygens (including phenoxy) is 1. The Kier molecular flexibility index (Phi) is 11.8. The smallest absolute Gasteiger partial charge is 0.328 e. The van der Waals surface area contributed by atoms with E-state index in [0.717, 1.165) is 63.1 Å². The summed E-state index contributed by atoms with van der Waals surface area (Å²) >= 11 is 0. The van der Waals surface area contributed by atoms with Crippen LogP contribution >= 0.6 is 0 Å². The fraction of sp³-hybridized carbons (Fsp3) is 0.438. The van der Waals surface area contributed by atoms with E-state index in [4.69, 9.17) is 19.9 Å². The zero-order valence-corrected chi connectivity index (χ0v) is 24.5. The highest BCUT2D eigenvalue weighted by Gasteiger charge is 2.29. The first-order valence-corrected chi connectivity index (χ1v) is 14.2. The standard InChI is InChI=1S/C28H37N3O3.C4H4O4/c1-4-34-20-19-31-25-8-6-5-7-24(25)29-26(31)22-14-17-30(18-15-22)16-13-21-9-11-23(12-10-21)28(2,3)27(32)33;5-3(6)1-2-4(7)8/h5-12,22H,4,13-20H2,1-3H3,(H,32,33);1-2H,(H,5,6)(H,7,8)/b;2-1+. The van der Waals surface area contributed by atoms with Crippen molar-refractivity contribution < 1.29 is 34.4 Å². The van der Waals surface area contributed by atoms with Crippen molar-refractivity contribution in [2.45, 2.75) is 57.9 Å². The van der Waals surface area contributed by atoms with Gasteiger partial charge in [-0.2, -0.15) is 0 Å². The lowest BCUT2D eigenvalue weighted by Gasteiger charge is -2.32. The van der Waals surface area contributed by atoms with E-state index in [2.05, 4.69) is 45.9 Å². The van der Waals surface area contributed by atoms with Crippen LogP contribution in [-0.2, 0) is 37.5 Å². The molecule has 0 amide bonds. The number of carboxylic acid groups (broad SMARTS) is 3. The van der Waals surface area contributed by atoms with Gasteiger partial charge in [0, 0.05) is 37.8 Å². The van der Waals surface area contributed by atoms with Crippen LogP contribution in [0.25, 0.3) is 11.0 Å². The number of carboxylic acids is 3. The van der Waals surface area contributed by atoms with Gasteiger partial charge in [-0.25, -0.2) is 14.6 Å². The Labute approximate surface area is 246 Å². The maximum Gasteiger partial charge on any atom is 0.328 e. The molecule has 0 radical (unpaired) electrons. The minimum atomic E-state index is -1.26. The van der Waals surface area contributed by atoms with Crippen molar-refractivity contribution in [2.75, 3.05) is 32.8 Å². The number of nitrogens with zero attached hydrogens (tertiary/aromatic N) is 3. The number of aliphatic carboxylic acids is 3. The number of hydrogen-bond acceptors (Lipinski definition) is 6. The van der Waals surface area contributed by atoms with Crippen LogP contribution in [-0.4, -0.2) is 80.5 Å². The van der Waals surface area contributed by atoms with E-state index in [1.165, 1.54) is 16.9 Å². The molecule has 0 unspecified atom stereocenters.